The lowest BCUT2D eigenvalue weighted by molar-refractivity contribution is -0.202. The number of carbonyl (C=O) groups is 3. The van der Waals surface area contributed by atoms with Gasteiger partial charge >= 0.3 is 18.2 Å². The van der Waals surface area contributed by atoms with Crippen molar-refractivity contribution in [1.82, 2.24) is 10.2 Å². The Hall–Kier alpha value is -3.56. The fraction of sp³-hybridized carbons (Fsp3) is 0.400. The van der Waals surface area contributed by atoms with Crippen molar-refractivity contribution >= 4 is 18.0 Å². The summed E-state index contributed by atoms with van der Waals surface area (Å²) in [6, 6.07) is 14.4. The highest BCUT2D eigenvalue weighted by Gasteiger charge is 2.60. The molecule has 0 spiro atoms. The lowest BCUT2D eigenvalue weighted by Gasteiger charge is -2.43. The molecule has 1 unspecified atom stereocenters. The normalized spacial score (nSPS) is 20.6. The average Bonchev–Trinajstić information content (AvgIpc) is 3.08. The number of fused-ring (bicyclic) bond motifs is 3. The first-order valence-electron chi connectivity index (χ1n) is 11.1. The summed E-state index contributed by atoms with van der Waals surface area (Å²) < 4.78 is 47.2. The molecule has 2 aromatic rings. The van der Waals surface area contributed by atoms with Crippen molar-refractivity contribution < 1.29 is 37.4 Å². The van der Waals surface area contributed by atoms with Crippen molar-refractivity contribution in [1.29, 1.82) is 0 Å². The van der Waals surface area contributed by atoms with Crippen molar-refractivity contribution in [2.75, 3.05) is 13.7 Å². The third-order valence-electron chi connectivity index (χ3n) is 7.02. The molecule has 1 saturated carbocycles. The van der Waals surface area contributed by atoms with Gasteiger partial charge in [-0.2, -0.15) is 13.2 Å². The standard InChI is InChI=1S/C25H25F3N2O5/c1-24(25(26,27)28,22(33)30(2)15-11-14(12-15)21(31)32)29-23(34)35-13-20-18-9-5-3-7-16(18)17-8-4-6-10-19(17)20/h3-10,14-15,20H,11-13H2,1-2H3,(H,29,34)(H,31,32). The second kappa shape index (κ2) is 8.90. The molecule has 0 aromatic heterocycles. The van der Waals surface area contributed by atoms with Crippen LogP contribution in [0.25, 0.3) is 11.1 Å². The van der Waals surface area contributed by atoms with Crippen LogP contribution in [0.4, 0.5) is 18.0 Å². The molecular formula is C25H25F3N2O5. The maximum atomic E-state index is 14.0. The van der Waals surface area contributed by atoms with E-state index in [-0.39, 0.29) is 25.4 Å². The molecular weight excluding hydrogens is 465 g/mol. The largest absolute Gasteiger partial charge is 0.481 e. The van der Waals surface area contributed by atoms with Crippen LogP contribution in [0.2, 0.25) is 0 Å². The Balaban J connectivity index is 1.46. The Labute approximate surface area is 199 Å². The maximum absolute atomic E-state index is 14.0. The molecule has 35 heavy (non-hydrogen) atoms. The molecule has 0 heterocycles. The molecule has 1 fully saturated rings. The molecule has 2 aliphatic carbocycles. The molecule has 1 atom stereocenters. The van der Waals surface area contributed by atoms with Crippen molar-refractivity contribution in [2.24, 2.45) is 5.92 Å². The zero-order valence-corrected chi connectivity index (χ0v) is 19.1. The number of carboxylic acids is 1. The van der Waals surface area contributed by atoms with Crippen LogP contribution in [-0.2, 0) is 14.3 Å². The number of nitrogens with one attached hydrogen (secondary N) is 1. The summed E-state index contributed by atoms with van der Waals surface area (Å²) in [6.07, 6.45) is -6.38. The van der Waals surface area contributed by atoms with E-state index in [2.05, 4.69) is 0 Å². The van der Waals surface area contributed by atoms with Crippen molar-refractivity contribution in [3.05, 3.63) is 59.7 Å². The van der Waals surface area contributed by atoms with Gasteiger partial charge in [0.05, 0.1) is 5.92 Å². The van der Waals surface area contributed by atoms with Crippen molar-refractivity contribution in [3.8, 4) is 11.1 Å². The highest BCUT2D eigenvalue weighted by molar-refractivity contribution is 5.91. The number of carboxylic acid groups (broad SMARTS) is 1. The smallest absolute Gasteiger partial charge is 0.420 e. The molecule has 2 aromatic carbocycles. The van der Waals surface area contributed by atoms with Gasteiger partial charge in [-0.1, -0.05) is 48.5 Å². The first-order chi connectivity index (χ1) is 16.4. The minimum Gasteiger partial charge on any atom is -0.481 e. The molecule has 2 amide bonds. The number of rotatable bonds is 6. The molecule has 186 valence electrons. The number of ether oxygens (including phenoxy) is 1. The molecule has 2 aliphatic rings. The topological polar surface area (TPSA) is 95.9 Å². The van der Waals surface area contributed by atoms with Gasteiger partial charge in [-0.05, 0) is 42.0 Å². The predicted octanol–water partition coefficient (Wildman–Crippen LogP) is 4.17. The summed E-state index contributed by atoms with van der Waals surface area (Å²) in [6.45, 7) is 0.376. The fourth-order valence-electron chi connectivity index (χ4n) is 4.71. The van der Waals surface area contributed by atoms with E-state index in [0.717, 1.165) is 27.2 Å². The number of aliphatic carboxylic acids is 1. The van der Waals surface area contributed by atoms with Crippen molar-refractivity contribution in [2.45, 2.75) is 43.4 Å². The SMILES string of the molecule is CN(C(=O)C(C)(NC(=O)OCC1c2ccccc2-c2ccccc21)C(F)(F)F)C1CC(C(=O)O)C1. The summed E-state index contributed by atoms with van der Waals surface area (Å²) in [5.41, 5.74) is 0.490. The number of alkyl carbamates (subject to hydrolysis) is 1. The van der Waals surface area contributed by atoms with E-state index < -0.39 is 41.6 Å². The van der Waals surface area contributed by atoms with E-state index >= 15 is 0 Å². The third-order valence-corrected chi connectivity index (χ3v) is 7.02. The summed E-state index contributed by atoms with van der Waals surface area (Å²) in [4.78, 5) is 37.2. The van der Waals surface area contributed by atoms with Gasteiger partial charge in [0.15, 0.2) is 0 Å². The predicted molar refractivity (Wildman–Crippen MR) is 120 cm³/mol. The van der Waals surface area contributed by atoms with Crippen LogP contribution in [-0.4, -0.2) is 59.4 Å². The minimum atomic E-state index is -5.11. The van der Waals surface area contributed by atoms with Crippen LogP contribution in [0.1, 0.15) is 36.8 Å². The zero-order valence-electron chi connectivity index (χ0n) is 19.1. The van der Waals surface area contributed by atoms with E-state index in [1.54, 1.807) is 5.32 Å². The Morgan fingerprint density at radius 1 is 1.03 bits per heavy atom. The Bertz CT molecular complexity index is 1120. The number of benzene rings is 2. The Morgan fingerprint density at radius 2 is 1.54 bits per heavy atom. The Morgan fingerprint density at radius 3 is 2.03 bits per heavy atom. The summed E-state index contributed by atoms with van der Waals surface area (Å²) in [7, 11) is 1.18. The summed E-state index contributed by atoms with van der Waals surface area (Å²) in [5, 5.41) is 10.7. The molecule has 10 heteroatoms. The van der Waals surface area contributed by atoms with Gasteiger partial charge < -0.3 is 14.7 Å². The van der Waals surface area contributed by atoms with Gasteiger partial charge in [0.25, 0.3) is 5.91 Å². The Kier molecular flexibility index (Phi) is 6.25. The van der Waals surface area contributed by atoms with Gasteiger partial charge in [0, 0.05) is 19.0 Å². The lowest BCUT2D eigenvalue weighted by atomic mass is 9.79. The molecule has 2 N–H and O–H groups in total. The van der Waals surface area contributed by atoms with E-state index in [4.69, 9.17) is 9.84 Å². The highest BCUT2D eigenvalue weighted by Crippen LogP contribution is 2.44. The summed E-state index contributed by atoms with van der Waals surface area (Å²) >= 11 is 0. The third kappa shape index (κ3) is 4.33. The van der Waals surface area contributed by atoms with Gasteiger partial charge in [-0.25, -0.2) is 4.79 Å². The van der Waals surface area contributed by atoms with E-state index in [0.29, 0.717) is 6.92 Å². The van der Waals surface area contributed by atoms with Crippen LogP contribution >= 0.6 is 0 Å². The molecule has 4 rings (SSSR count). The second-order valence-electron chi connectivity index (χ2n) is 9.15. The average molecular weight is 490 g/mol. The number of likely N-dealkylation sites (N-methyl/N-ethyl adjacent to an activating group) is 1. The number of hydrogen-bond donors (Lipinski definition) is 2. The van der Waals surface area contributed by atoms with E-state index in [1.165, 1.54) is 7.05 Å². The first-order valence-corrected chi connectivity index (χ1v) is 11.1. The molecule has 7 nitrogen and oxygen atoms in total. The van der Waals surface area contributed by atoms with Crippen LogP contribution in [0.5, 0.6) is 0 Å². The van der Waals surface area contributed by atoms with Crippen molar-refractivity contribution in [3.63, 3.8) is 0 Å². The van der Waals surface area contributed by atoms with Gasteiger partial charge in [0.1, 0.15) is 6.61 Å². The number of carbonyl (C=O) groups excluding carboxylic acids is 2. The van der Waals surface area contributed by atoms with Gasteiger partial charge in [0.2, 0.25) is 5.54 Å². The number of nitrogens with zero attached hydrogens (tertiary/aromatic N) is 1. The molecule has 0 bridgehead atoms. The first kappa shape index (κ1) is 24.6. The molecule has 0 saturated heterocycles. The van der Waals surface area contributed by atoms with Crippen LogP contribution in [0.15, 0.2) is 48.5 Å². The second-order valence-corrected chi connectivity index (χ2v) is 9.15. The van der Waals surface area contributed by atoms with Crippen LogP contribution in [0.3, 0.4) is 0 Å². The fourth-order valence-corrected chi connectivity index (χ4v) is 4.71. The van der Waals surface area contributed by atoms with Gasteiger partial charge in [-0.3, -0.25) is 14.9 Å². The monoisotopic (exact) mass is 490 g/mol. The number of hydrogen-bond acceptors (Lipinski definition) is 4. The number of amides is 2. The molecule has 0 aliphatic heterocycles. The summed E-state index contributed by atoms with van der Waals surface area (Å²) in [5.74, 6) is -3.50. The van der Waals surface area contributed by atoms with E-state index in [1.807, 2.05) is 48.5 Å². The van der Waals surface area contributed by atoms with Crippen LogP contribution in [0, 0.1) is 5.92 Å². The number of alkyl halides is 3. The van der Waals surface area contributed by atoms with E-state index in [9.17, 15) is 27.6 Å². The zero-order chi connectivity index (χ0) is 25.5. The quantitative estimate of drug-likeness (QED) is 0.634. The molecule has 0 radical (unpaired) electrons. The number of halogens is 3. The van der Waals surface area contributed by atoms with Crippen LogP contribution < -0.4 is 5.32 Å². The maximum Gasteiger partial charge on any atom is 0.420 e. The highest BCUT2D eigenvalue weighted by atomic mass is 19.4. The lowest BCUT2D eigenvalue weighted by Crippen LogP contribution is -2.67. The van der Waals surface area contributed by atoms with Gasteiger partial charge in [-0.15, -0.1) is 0 Å². The minimum absolute atomic E-state index is 0.0520.